The standard InChI is InChI=1S/C17H20N6O.C2HF3O2/c1-13-10-22(12-20-13)17(2,3)16(24)18-9-15-19-11-21-23(15)14-7-5-4-6-8-14;3-2(4,5)1(6)7/h4-8,10-12H,9H2,1-3H3,(H,18,24);(H,6,7). The van der Waals surface area contributed by atoms with Gasteiger partial charge in [-0.25, -0.2) is 19.4 Å². The Bertz CT molecular complexity index is 1030. The van der Waals surface area contributed by atoms with Gasteiger partial charge in [-0.2, -0.15) is 18.3 Å². The second-order valence-electron chi connectivity index (χ2n) is 6.89. The molecule has 0 aliphatic carbocycles. The van der Waals surface area contributed by atoms with E-state index in [1.165, 1.54) is 6.33 Å². The average Bonchev–Trinajstić information content (AvgIpc) is 3.35. The zero-order valence-corrected chi connectivity index (χ0v) is 17.0. The Morgan fingerprint density at radius 2 is 1.74 bits per heavy atom. The molecule has 0 atom stereocenters. The van der Waals surface area contributed by atoms with Crippen molar-refractivity contribution in [1.82, 2.24) is 29.6 Å². The maximum atomic E-state index is 12.6. The van der Waals surface area contributed by atoms with Gasteiger partial charge in [0.2, 0.25) is 5.91 Å². The lowest BCUT2D eigenvalue weighted by atomic mass is 10.0. The number of aliphatic carboxylic acids is 1. The second kappa shape index (κ2) is 9.41. The van der Waals surface area contributed by atoms with Gasteiger partial charge in [0.1, 0.15) is 11.9 Å². The molecule has 166 valence electrons. The number of para-hydroxylation sites is 1. The topological polar surface area (TPSA) is 115 Å². The zero-order chi connectivity index (χ0) is 23.2. The normalized spacial score (nSPS) is 11.4. The summed E-state index contributed by atoms with van der Waals surface area (Å²) >= 11 is 0. The first-order chi connectivity index (χ1) is 14.4. The Morgan fingerprint density at radius 3 is 2.26 bits per heavy atom. The molecule has 1 amide bonds. The van der Waals surface area contributed by atoms with Gasteiger partial charge in [0.15, 0.2) is 5.82 Å². The van der Waals surface area contributed by atoms with Crippen LogP contribution in [-0.2, 0) is 21.7 Å². The Morgan fingerprint density at radius 1 is 1.13 bits per heavy atom. The molecule has 2 heterocycles. The fourth-order valence-corrected chi connectivity index (χ4v) is 2.39. The molecular weight excluding hydrogens is 417 g/mol. The molecule has 0 aliphatic rings. The fourth-order valence-electron chi connectivity index (χ4n) is 2.39. The molecule has 3 aromatic rings. The van der Waals surface area contributed by atoms with E-state index in [1.807, 2.05) is 57.3 Å². The van der Waals surface area contributed by atoms with E-state index in [-0.39, 0.29) is 5.91 Å². The number of carbonyl (C=O) groups excluding carboxylic acids is 1. The molecule has 0 saturated heterocycles. The number of aryl methyl sites for hydroxylation is 1. The van der Waals surface area contributed by atoms with Crippen LogP contribution in [0.2, 0.25) is 0 Å². The van der Waals surface area contributed by atoms with Crippen LogP contribution in [-0.4, -0.2) is 47.5 Å². The fraction of sp³-hybridized carbons (Fsp3) is 0.316. The van der Waals surface area contributed by atoms with E-state index in [9.17, 15) is 18.0 Å². The minimum Gasteiger partial charge on any atom is -0.475 e. The summed E-state index contributed by atoms with van der Waals surface area (Å²) in [4.78, 5) is 29.9. The summed E-state index contributed by atoms with van der Waals surface area (Å²) in [5.41, 5.74) is 1.04. The van der Waals surface area contributed by atoms with E-state index >= 15 is 0 Å². The number of carboxylic acids is 1. The number of amides is 1. The van der Waals surface area contributed by atoms with Crippen molar-refractivity contribution in [2.75, 3.05) is 0 Å². The SMILES string of the molecule is Cc1cn(C(C)(C)C(=O)NCc2ncnn2-c2ccccc2)cn1.O=C(O)C(F)(F)F. The summed E-state index contributed by atoms with van der Waals surface area (Å²) in [5.74, 6) is -2.19. The van der Waals surface area contributed by atoms with E-state index in [0.717, 1.165) is 11.4 Å². The molecule has 0 fully saturated rings. The minimum absolute atomic E-state index is 0.109. The molecule has 0 spiro atoms. The number of halogens is 3. The maximum Gasteiger partial charge on any atom is 0.490 e. The lowest BCUT2D eigenvalue weighted by Crippen LogP contribution is -2.44. The Balaban J connectivity index is 0.000000423. The van der Waals surface area contributed by atoms with E-state index in [1.54, 1.807) is 15.6 Å². The summed E-state index contributed by atoms with van der Waals surface area (Å²) in [5, 5.41) is 14.3. The molecule has 0 bridgehead atoms. The van der Waals surface area contributed by atoms with Crippen LogP contribution >= 0.6 is 0 Å². The lowest BCUT2D eigenvalue weighted by Gasteiger charge is -2.25. The number of hydrogen-bond acceptors (Lipinski definition) is 5. The van der Waals surface area contributed by atoms with Crippen molar-refractivity contribution in [3.05, 3.63) is 60.7 Å². The number of nitrogens with zero attached hydrogens (tertiary/aromatic N) is 5. The van der Waals surface area contributed by atoms with Crippen molar-refractivity contribution >= 4 is 11.9 Å². The number of hydrogen-bond donors (Lipinski definition) is 2. The smallest absolute Gasteiger partial charge is 0.475 e. The number of aromatic nitrogens is 5. The van der Waals surface area contributed by atoms with Crippen molar-refractivity contribution in [2.45, 2.75) is 39.0 Å². The van der Waals surface area contributed by atoms with Crippen LogP contribution in [0.5, 0.6) is 0 Å². The van der Waals surface area contributed by atoms with Crippen LogP contribution in [0.25, 0.3) is 5.69 Å². The van der Waals surface area contributed by atoms with Gasteiger partial charge in [-0.05, 0) is 32.9 Å². The third-order valence-electron chi connectivity index (χ3n) is 4.18. The summed E-state index contributed by atoms with van der Waals surface area (Å²) in [7, 11) is 0. The molecule has 9 nitrogen and oxygen atoms in total. The van der Waals surface area contributed by atoms with Crippen LogP contribution < -0.4 is 5.32 Å². The highest BCUT2D eigenvalue weighted by Gasteiger charge is 2.38. The molecular formula is C19H21F3N6O3. The average molecular weight is 438 g/mol. The van der Waals surface area contributed by atoms with Gasteiger partial charge in [0.25, 0.3) is 0 Å². The lowest BCUT2D eigenvalue weighted by molar-refractivity contribution is -0.192. The first-order valence-corrected chi connectivity index (χ1v) is 8.96. The van der Waals surface area contributed by atoms with Crippen molar-refractivity contribution < 1.29 is 27.9 Å². The van der Waals surface area contributed by atoms with E-state index < -0.39 is 17.7 Å². The molecule has 0 unspecified atom stereocenters. The van der Waals surface area contributed by atoms with Gasteiger partial charge in [-0.1, -0.05) is 18.2 Å². The molecule has 2 N–H and O–H groups in total. The van der Waals surface area contributed by atoms with Crippen molar-refractivity contribution in [3.8, 4) is 5.69 Å². The number of nitrogens with one attached hydrogen (secondary N) is 1. The predicted molar refractivity (Wildman–Crippen MR) is 103 cm³/mol. The number of benzene rings is 1. The summed E-state index contributed by atoms with van der Waals surface area (Å²) < 4.78 is 35.3. The highest BCUT2D eigenvalue weighted by molar-refractivity contribution is 5.83. The number of alkyl halides is 3. The van der Waals surface area contributed by atoms with E-state index in [2.05, 4.69) is 20.4 Å². The minimum atomic E-state index is -5.08. The number of carboxylic acid groups (broad SMARTS) is 1. The van der Waals surface area contributed by atoms with Gasteiger partial charge in [0.05, 0.1) is 24.3 Å². The number of imidazole rings is 1. The van der Waals surface area contributed by atoms with Crippen LogP contribution in [0.1, 0.15) is 25.4 Å². The molecule has 2 aromatic heterocycles. The summed E-state index contributed by atoms with van der Waals surface area (Å²) in [6.45, 7) is 5.90. The first-order valence-electron chi connectivity index (χ1n) is 8.96. The van der Waals surface area contributed by atoms with E-state index in [0.29, 0.717) is 12.4 Å². The Hall–Kier alpha value is -3.70. The first kappa shape index (κ1) is 23.6. The number of carbonyl (C=O) groups is 2. The van der Waals surface area contributed by atoms with Crippen LogP contribution in [0.4, 0.5) is 13.2 Å². The van der Waals surface area contributed by atoms with Crippen LogP contribution in [0.15, 0.2) is 49.2 Å². The Labute approximate surface area is 175 Å². The van der Waals surface area contributed by atoms with Gasteiger partial charge in [0, 0.05) is 6.20 Å². The van der Waals surface area contributed by atoms with Crippen LogP contribution in [0, 0.1) is 6.92 Å². The molecule has 12 heteroatoms. The van der Waals surface area contributed by atoms with Crippen LogP contribution in [0.3, 0.4) is 0 Å². The molecule has 3 rings (SSSR count). The molecule has 31 heavy (non-hydrogen) atoms. The predicted octanol–water partition coefficient (Wildman–Crippen LogP) is 2.46. The third kappa shape index (κ3) is 6.14. The Kier molecular flexibility index (Phi) is 7.16. The largest absolute Gasteiger partial charge is 0.490 e. The van der Waals surface area contributed by atoms with Gasteiger partial charge in [-0.15, -0.1) is 0 Å². The quantitative estimate of drug-likeness (QED) is 0.632. The second-order valence-corrected chi connectivity index (χ2v) is 6.89. The molecule has 0 aliphatic heterocycles. The van der Waals surface area contributed by atoms with Gasteiger partial charge < -0.3 is 15.0 Å². The highest BCUT2D eigenvalue weighted by Crippen LogP contribution is 2.16. The molecule has 0 radical (unpaired) electrons. The van der Waals surface area contributed by atoms with Crippen molar-refractivity contribution in [2.24, 2.45) is 0 Å². The highest BCUT2D eigenvalue weighted by atomic mass is 19.4. The maximum absolute atomic E-state index is 12.6. The van der Waals surface area contributed by atoms with Crippen molar-refractivity contribution in [1.29, 1.82) is 0 Å². The van der Waals surface area contributed by atoms with Gasteiger partial charge >= 0.3 is 12.1 Å². The molecule has 0 saturated carbocycles. The summed E-state index contributed by atoms with van der Waals surface area (Å²) in [6, 6.07) is 9.70. The summed E-state index contributed by atoms with van der Waals surface area (Å²) in [6.07, 6.45) is -0.0771. The van der Waals surface area contributed by atoms with Crippen molar-refractivity contribution in [3.63, 3.8) is 0 Å². The third-order valence-corrected chi connectivity index (χ3v) is 4.18. The number of rotatable bonds is 5. The molecule has 1 aromatic carbocycles. The van der Waals surface area contributed by atoms with Gasteiger partial charge in [-0.3, -0.25) is 4.79 Å². The zero-order valence-electron chi connectivity index (χ0n) is 17.0. The van der Waals surface area contributed by atoms with E-state index in [4.69, 9.17) is 9.90 Å². The monoisotopic (exact) mass is 438 g/mol.